The highest BCUT2D eigenvalue weighted by Gasteiger charge is 2.25. The van der Waals surface area contributed by atoms with Gasteiger partial charge in [-0.2, -0.15) is 0 Å². The maximum atomic E-state index is 11.7. The molecule has 122 valence electrons. The van der Waals surface area contributed by atoms with Crippen LogP contribution in [-0.2, 0) is 9.59 Å². The Morgan fingerprint density at radius 3 is 2.50 bits per heavy atom. The zero-order chi connectivity index (χ0) is 17.1. The van der Waals surface area contributed by atoms with Gasteiger partial charge in [0.1, 0.15) is 17.6 Å². The number of benzene rings is 2. The molecular formula is C19H17NO4. The number of fused-ring (bicyclic) bond motifs is 1. The Bertz CT molecular complexity index is 884. The number of amides is 1. The van der Waals surface area contributed by atoms with Crippen molar-refractivity contribution in [2.45, 2.75) is 19.9 Å². The Labute approximate surface area is 139 Å². The van der Waals surface area contributed by atoms with Gasteiger partial charge in [0.15, 0.2) is 0 Å². The SMILES string of the molecule is CC(=O)N[C@H](c1ccco1)c1c(OC(C)=O)ccc2ccccc12. The number of hydrogen-bond donors (Lipinski definition) is 1. The predicted octanol–water partition coefficient (Wildman–Crippen LogP) is 3.58. The topological polar surface area (TPSA) is 68.5 Å². The van der Waals surface area contributed by atoms with Crippen molar-refractivity contribution in [3.05, 3.63) is 66.1 Å². The fourth-order valence-electron chi connectivity index (χ4n) is 2.76. The molecule has 0 aliphatic heterocycles. The molecule has 0 saturated carbocycles. The van der Waals surface area contributed by atoms with E-state index < -0.39 is 12.0 Å². The molecular weight excluding hydrogens is 306 g/mol. The second kappa shape index (κ2) is 6.58. The zero-order valence-corrected chi connectivity index (χ0v) is 13.4. The highest BCUT2D eigenvalue weighted by molar-refractivity contribution is 5.90. The number of hydrogen-bond acceptors (Lipinski definition) is 4. The third-order valence-electron chi connectivity index (χ3n) is 3.65. The van der Waals surface area contributed by atoms with E-state index in [9.17, 15) is 9.59 Å². The molecule has 3 rings (SSSR count). The Morgan fingerprint density at radius 1 is 1.04 bits per heavy atom. The fraction of sp³-hybridized carbons (Fsp3) is 0.158. The van der Waals surface area contributed by atoms with Gasteiger partial charge in [0.25, 0.3) is 0 Å². The summed E-state index contributed by atoms with van der Waals surface area (Å²) >= 11 is 0. The van der Waals surface area contributed by atoms with Crippen LogP contribution >= 0.6 is 0 Å². The van der Waals surface area contributed by atoms with Crippen LogP contribution in [0.25, 0.3) is 10.8 Å². The molecule has 3 aromatic rings. The Kier molecular flexibility index (Phi) is 4.33. The average Bonchev–Trinajstić information content (AvgIpc) is 3.06. The minimum atomic E-state index is -0.557. The molecule has 1 aromatic heterocycles. The molecule has 5 nitrogen and oxygen atoms in total. The second-order valence-electron chi connectivity index (χ2n) is 5.44. The van der Waals surface area contributed by atoms with E-state index in [1.807, 2.05) is 30.3 Å². The Balaban J connectivity index is 2.26. The van der Waals surface area contributed by atoms with E-state index in [-0.39, 0.29) is 5.91 Å². The summed E-state index contributed by atoms with van der Waals surface area (Å²) in [7, 11) is 0. The smallest absolute Gasteiger partial charge is 0.308 e. The largest absolute Gasteiger partial charge is 0.467 e. The maximum Gasteiger partial charge on any atom is 0.308 e. The minimum absolute atomic E-state index is 0.210. The molecule has 0 bridgehead atoms. The van der Waals surface area contributed by atoms with Crippen LogP contribution in [0.2, 0.25) is 0 Å². The summed E-state index contributed by atoms with van der Waals surface area (Å²) < 4.78 is 10.9. The molecule has 0 radical (unpaired) electrons. The van der Waals surface area contributed by atoms with Crippen LogP contribution < -0.4 is 10.1 Å². The molecule has 0 aliphatic rings. The number of carbonyl (C=O) groups excluding carboxylic acids is 2. The molecule has 0 saturated heterocycles. The minimum Gasteiger partial charge on any atom is -0.467 e. The van der Waals surface area contributed by atoms with E-state index in [4.69, 9.17) is 9.15 Å². The van der Waals surface area contributed by atoms with Crippen LogP contribution in [-0.4, -0.2) is 11.9 Å². The zero-order valence-electron chi connectivity index (χ0n) is 13.4. The van der Waals surface area contributed by atoms with Gasteiger partial charge in [-0.25, -0.2) is 0 Å². The molecule has 0 fully saturated rings. The third kappa shape index (κ3) is 3.15. The summed E-state index contributed by atoms with van der Waals surface area (Å²) in [4.78, 5) is 23.2. The van der Waals surface area contributed by atoms with Crippen molar-refractivity contribution in [3.63, 3.8) is 0 Å². The first-order valence-corrected chi connectivity index (χ1v) is 7.57. The summed E-state index contributed by atoms with van der Waals surface area (Å²) in [6.07, 6.45) is 1.54. The summed E-state index contributed by atoms with van der Waals surface area (Å²) in [5, 5.41) is 4.74. The van der Waals surface area contributed by atoms with Crippen molar-refractivity contribution in [3.8, 4) is 5.75 Å². The van der Waals surface area contributed by atoms with E-state index in [1.54, 1.807) is 24.5 Å². The molecule has 1 N–H and O–H groups in total. The Hall–Kier alpha value is -3.08. The lowest BCUT2D eigenvalue weighted by atomic mass is 9.96. The van der Waals surface area contributed by atoms with Gasteiger partial charge in [0.2, 0.25) is 5.91 Å². The predicted molar refractivity (Wildman–Crippen MR) is 89.6 cm³/mol. The standard InChI is InChI=1S/C19H17NO4/c1-12(21)20-19(17-8-5-11-23-17)18-15-7-4-3-6-14(15)9-10-16(18)24-13(2)22/h3-11,19H,1-2H3,(H,20,21)/t19-/m1/s1. The maximum absolute atomic E-state index is 11.7. The lowest BCUT2D eigenvalue weighted by molar-refractivity contribution is -0.131. The lowest BCUT2D eigenvalue weighted by Crippen LogP contribution is -2.27. The monoisotopic (exact) mass is 323 g/mol. The second-order valence-corrected chi connectivity index (χ2v) is 5.44. The van der Waals surface area contributed by atoms with Crippen LogP contribution in [0.1, 0.15) is 31.2 Å². The van der Waals surface area contributed by atoms with Gasteiger partial charge >= 0.3 is 5.97 Å². The molecule has 24 heavy (non-hydrogen) atoms. The van der Waals surface area contributed by atoms with Gasteiger partial charge in [-0.15, -0.1) is 0 Å². The van der Waals surface area contributed by atoms with Crippen LogP contribution in [0.15, 0.2) is 59.2 Å². The van der Waals surface area contributed by atoms with Gasteiger partial charge in [-0.3, -0.25) is 9.59 Å². The van der Waals surface area contributed by atoms with Crippen molar-refractivity contribution in [1.29, 1.82) is 0 Å². The average molecular weight is 323 g/mol. The van der Waals surface area contributed by atoms with Gasteiger partial charge < -0.3 is 14.5 Å². The first kappa shape index (κ1) is 15.8. The number of rotatable bonds is 4. The van der Waals surface area contributed by atoms with Crippen LogP contribution in [0.5, 0.6) is 5.75 Å². The molecule has 0 aliphatic carbocycles. The first-order chi connectivity index (χ1) is 11.6. The van der Waals surface area contributed by atoms with E-state index in [1.165, 1.54) is 13.8 Å². The van der Waals surface area contributed by atoms with E-state index in [0.29, 0.717) is 17.1 Å². The van der Waals surface area contributed by atoms with Gasteiger partial charge in [-0.05, 0) is 29.0 Å². The van der Waals surface area contributed by atoms with Crippen LogP contribution in [0.4, 0.5) is 0 Å². The summed E-state index contributed by atoms with van der Waals surface area (Å²) in [5.74, 6) is 0.331. The highest BCUT2D eigenvalue weighted by atomic mass is 16.5. The van der Waals surface area contributed by atoms with Gasteiger partial charge in [0, 0.05) is 19.4 Å². The van der Waals surface area contributed by atoms with Crippen molar-refractivity contribution in [1.82, 2.24) is 5.32 Å². The van der Waals surface area contributed by atoms with Crippen LogP contribution in [0, 0.1) is 0 Å². The van der Waals surface area contributed by atoms with E-state index in [2.05, 4.69) is 5.32 Å². The molecule has 0 spiro atoms. The lowest BCUT2D eigenvalue weighted by Gasteiger charge is -2.21. The van der Waals surface area contributed by atoms with Gasteiger partial charge in [0.05, 0.1) is 6.26 Å². The number of ether oxygens (including phenoxy) is 1. The van der Waals surface area contributed by atoms with Crippen LogP contribution in [0.3, 0.4) is 0 Å². The van der Waals surface area contributed by atoms with Gasteiger partial charge in [-0.1, -0.05) is 30.3 Å². The van der Waals surface area contributed by atoms with Crippen molar-refractivity contribution in [2.75, 3.05) is 0 Å². The Morgan fingerprint density at radius 2 is 1.83 bits per heavy atom. The van der Waals surface area contributed by atoms with E-state index in [0.717, 1.165) is 10.8 Å². The highest BCUT2D eigenvalue weighted by Crippen LogP contribution is 2.36. The van der Waals surface area contributed by atoms with Crippen molar-refractivity contribution < 1.29 is 18.7 Å². The van der Waals surface area contributed by atoms with Crippen molar-refractivity contribution in [2.24, 2.45) is 0 Å². The number of nitrogens with one attached hydrogen (secondary N) is 1. The summed E-state index contributed by atoms with van der Waals surface area (Å²) in [6.45, 7) is 2.78. The fourth-order valence-corrected chi connectivity index (χ4v) is 2.76. The summed E-state index contributed by atoms with van der Waals surface area (Å²) in [6, 6.07) is 14.3. The molecule has 1 amide bonds. The normalized spacial score (nSPS) is 11.9. The van der Waals surface area contributed by atoms with E-state index >= 15 is 0 Å². The molecule has 5 heteroatoms. The number of esters is 1. The van der Waals surface area contributed by atoms with Crippen molar-refractivity contribution >= 4 is 22.6 Å². The molecule has 1 atom stereocenters. The summed E-state index contributed by atoms with van der Waals surface area (Å²) in [5.41, 5.74) is 0.688. The quantitative estimate of drug-likeness (QED) is 0.588. The molecule has 0 unspecified atom stereocenters. The first-order valence-electron chi connectivity index (χ1n) is 7.57. The molecule has 2 aromatic carbocycles. The number of carbonyl (C=O) groups is 2. The number of furan rings is 1. The molecule has 1 heterocycles. The third-order valence-corrected chi connectivity index (χ3v) is 3.65.